The average Bonchev–Trinajstić information content (AvgIpc) is 2.58. The van der Waals surface area contributed by atoms with E-state index in [1.54, 1.807) is 24.5 Å². The number of likely N-dealkylation sites (tertiary alicyclic amines) is 1. The molecular weight excluding hydrogens is 274 g/mol. The smallest absolute Gasteiger partial charge is 0.251 e. The van der Waals surface area contributed by atoms with Crippen LogP contribution in [0.15, 0.2) is 24.5 Å². The predicted molar refractivity (Wildman–Crippen MR) is 87.7 cm³/mol. The van der Waals surface area contributed by atoms with E-state index >= 15 is 0 Å². The van der Waals surface area contributed by atoms with E-state index in [2.05, 4.69) is 15.2 Å². The minimum Gasteiger partial charge on any atom is -0.349 e. The zero-order valence-electron chi connectivity index (χ0n) is 13.3. The van der Waals surface area contributed by atoms with E-state index < -0.39 is 0 Å². The molecular formula is C18H27N3O. The van der Waals surface area contributed by atoms with Crippen molar-refractivity contribution < 1.29 is 4.79 Å². The summed E-state index contributed by atoms with van der Waals surface area (Å²) in [4.78, 5) is 18.7. The Bertz CT molecular complexity index is 462. The first-order valence-electron chi connectivity index (χ1n) is 8.74. The van der Waals surface area contributed by atoms with Crippen LogP contribution in [-0.2, 0) is 0 Å². The maximum atomic E-state index is 12.2. The van der Waals surface area contributed by atoms with Crippen LogP contribution in [0.1, 0.15) is 55.3 Å². The molecule has 2 fully saturated rings. The molecule has 4 nitrogen and oxygen atoms in total. The minimum absolute atomic E-state index is 0.0353. The molecule has 1 aliphatic heterocycles. The molecule has 22 heavy (non-hydrogen) atoms. The summed E-state index contributed by atoms with van der Waals surface area (Å²) in [5.74, 6) is 0.949. The highest BCUT2D eigenvalue weighted by Crippen LogP contribution is 2.25. The summed E-state index contributed by atoms with van der Waals surface area (Å²) in [7, 11) is 0. The monoisotopic (exact) mass is 301 g/mol. The van der Waals surface area contributed by atoms with Crippen LogP contribution in [-0.4, -0.2) is 41.5 Å². The summed E-state index contributed by atoms with van der Waals surface area (Å²) in [5.41, 5.74) is 0.708. The van der Waals surface area contributed by atoms with Crippen molar-refractivity contribution in [1.29, 1.82) is 0 Å². The number of nitrogens with one attached hydrogen (secondary N) is 1. The Morgan fingerprint density at radius 3 is 2.45 bits per heavy atom. The van der Waals surface area contributed by atoms with Crippen molar-refractivity contribution in [2.75, 3.05) is 19.6 Å². The second-order valence-electron chi connectivity index (χ2n) is 6.79. The highest BCUT2D eigenvalue weighted by Gasteiger charge is 2.23. The Balaban J connectivity index is 1.41. The lowest BCUT2D eigenvalue weighted by Gasteiger charge is -2.35. The van der Waals surface area contributed by atoms with E-state index in [-0.39, 0.29) is 5.91 Å². The van der Waals surface area contributed by atoms with Crippen LogP contribution in [0.3, 0.4) is 0 Å². The van der Waals surface area contributed by atoms with E-state index in [4.69, 9.17) is 0 Å². The standard InChI is InChI=1S/C18H27N3O/c22-18(16-6-10-19-11-7-16)20-17-8-12-21(13-9-17)14-15-4-2-1-3-5-15/h6-7,10-11,15,17H,1-5,8-9,12-14H2,(H,20,22). The fraction of sp³-hybridized carbons (Fsp3) is 0.667. The molecule has 0 aromatic carbocycles. The molecule has 120 valence electrons. The van der Waals surface area contributed by atoms with Crippen LogP contribution in [0.4, 0.5) is 0 Å². The normalized spacial score (nSPS) is 21.6. The number of carbonyl (C=O) groups is 1. The van der Waals surface area contributed by atoms with Crippen LogP contribution >= 0.6 is 0 Å². The second kappa shape index (κ2) is 7.73. The van der Waals surface area contributed by atoms with E-state index in [9.17, 15) is 4.79 Å². The molecule has 0 radical (unpaired) electrons. The molecule has 1 aromatic heterocycles. The van der Waals surface area contributed by atoms with E-state index in [1.165, 1.54) is 38.6 Å². The van der Waals surface area contributed by atoms with Gasteiger partial charge in [-0.05, 0) is 43.7 Å². The third-order valence-corrected chi connectivity index (χ3v) is 5.11. The Labute approximate surface area is 133 Å². The van der Waals surface area contributed by atoms with Crippen molar-refractivity contribution in [3.8, 4) is 0 Å². The van der Waals surface area contributed by atoms with Crippen molar-refractivity contribution in [3.63, 3.8) is 0 Å². The number of hydrogen-bond donors (Lipinski definition) is 1. The van der Waals surface area contributed by atoms with Gasteiger partial charge in [0.15, 0.2) is 0 Å². The van der Waals surface area contributed by atoms with Crippen LogP contribution in [0, 0.1) is 5.92 Å². The molecule has 1 aromatic rings. The number of pyridine rings is 1. The van der Waals surface area contributed by atoms with Crippen molar-refractivity contribution in [3.05, 3.63) is 30.1 Å². The Kier molecular flexibility index (Phi) is 5.43. The van der Waals surface area contributed by atoms with Gasteiger partial charge >= 0.3 is 0 Å². The number of hydrogen-bond acceptors (Lipinski definition) is 3. The van der Waals surface area contributed by atoms with Crippen LogP contribution in [0.5, 0.6) is 0 Å². The molecule has 1 N–H and O–H groups in total. The largest absolute Gasteiger partial charge is 0.349 e. The maximum absolute atomic E-state index is 12.2. The number of carbonyl (C=O) groups excluding carboxylic acids is 1. The molecule has 0 spiro atoms. The lowest BCUT2D eigenvalue weighted by molar-refractivity contribution is 0.0901. The van der Waals surface area contributed by atoms with Gasteiger partial charge in [0.25, 0.3) is 5.91 Å². The van der Waals surface area contributed by atoms with Crippen LogP contribution < -0.4 is 5.32 Å². The molecule has 4 heteroatoms. The molecule has 3 rings (SSSR count). The van der Waals surface area contributed by atoms with E-state index in [1.807, 2.05) is 0 Å². The fourth-order valence-electron chi connectivity index (χ4n) is 3.77. The van der Waals surface area contributed by atoms with Crippen molar-refractivity contribution >= 4 is 5.91 Å². The first kappa shape index (κ1) is 15.5. The van der Waals surface area contributed by atoms with Gasteiger partial charge < -0.3 is 10.2 Å². The molecule has 2 aliphatic rings. The third-order valence-electron chi connectivity index (χ3n) is 5.11. The summed E-state index contributed by atoms with van der Waals surface area (Å²) in [5, 5.41) is 3.17. The zero-order valence-corrected chi connectivity index (χ0v) is 13.3. The highest BCUT2D eigenvalue weighted by molar-refractivity contribution is 5.94. The summed E-state index contributed by atoms with van der Waals surface area (Å²) in [6, 6.07) is 3.87. The molecule has 1 saturated carbocycles. The lowest BCUT2D eigenvalue weighted by atomic mass is 9.88. The SMILES string of the molecule is O=C(NC1CCN(CC2CCCCC2)CC1)c1ccncc1. The first-order valence-corrected chi connectivity index (χ1v) is 8.74. The van der Waals surface area contributed by atoms with Gasteiger partial charge in [-0.1, -0.05) is 19.3 Å². The van der Waals surface area contributed by atoms with Crippen LogP contribution in [0.25, 0.3) is 0 Å². The minimum atomic E-state index is 0.0353. The molecule has 2 heterocycles. The fourth-order valence-corrected chi connectivity index (χ4v) is 3.77. The molecule has 0 unspecified atom stereocenters. The summed E-state index contributed by atoms with van der Waals surface area (Å²) >= 11 is 0. The van der Waals surface area contributed by atoms with Gasteiger partial charge in [0.2, 0.25) is 0 Å². The van der Waals surface area contributed by atoms with Crippen molar-refractivity contribution in [1.82, 2.24) is 15.2 Å². The number of nitrogens with zero attached hydrogens (tertiary/aromatic N) is 2. The van der Waals surface area contributed by atoms with Gasteiger partial charge in [0.05, 0.1) is 0 Å². The van der Waals surface area contributed by atoms with Gasteiger partial charge in [-0.15, -0.1) is 0 Å². The summed E-state index contributed by atoms with van der Waals surface area (Å²) in [6.45, 7) is 3.51. The van der Waals surface area contributed by atoms with Gasteiger partial charge in [-0.2, -0.15) is 0 Å². The number of aromatic nitrogens is 1. The highest BCUT2D eigenvalue weighted by atomic mass is 16.1. The van der Waals surface area contributed by atoms with E-state index in [0.717, 1.165) is 31.8 Å². The molecule has 1 saturated heterocycles. The van der Waals surface area contributed by atoms with Gasteiger partial charge in [0, 0.05) is 43.6 Å². The molecule has 0 bridgehead atoms. The Morgan fingerprint density at radius 1 is 1.09 bits per heavy atom. The van der Waals surface area contributed by atoms with E-state index in [0.29, 0.717) is 11.6 Å². The van der Waals surface area contributed by atoms with Crippen molar-refractivity contribution in [2.24, 2.45) is 5.92 Å². The Hall–Kier alpha value is -1.42. The molecule has 0 atom stereocenters. The number of piperidine rings is 1. The van der Waals surface area contributed by atoms with Gasteiger partial charge in [-0.25, -0.2) is 0 Å². The van der Waals surface area contributed by atoms with Crippen molar-refractivity contribution in [2.45, 2.75) is 51.0 Å². The quantitative estimate of drug-likeness (QED) is 0.930. The number of rotatable bonds is 4. The number of amides is 1. The summed E-state index contributed by atoms with van der Waals surface area (Å²) < 4.78 is 0. The van der Waals surface area contributed by atoms with Gasteiger partial charge in [0.1, 0.15) is 0 Å². The van der Waals surface area contributed by atoms with Gasteiger partial charge in [-0.3, -0.25) is 9.78 Å². The third kappa shape index (κ3) is 4.29. The first-order chi connectivity index (χ1) is 10.8. The molecule has 1 aliphatic carbocycles. The Morgan fingerprint density at radius 2 is 1.77 bits per heavy atom. The lowest BCUT2D eigenvalue weighted by Crippen LogP contribution is -2.45. The maximum Gasteiger partial charge on any atom is 0.251 e. The zero-order chi connectivity index (χ0) is 15.2. The predicted octanol–water partition coefficient (Wildman–Crippen LogP) is 2.86. The second-order valence-corrected chi connectivity index (χ2v) is 6.79. The summed E-state index contributed by atoms with van der Waals surface area (Å²) in [6.07, 6.45) is 12.6. The van der Waals surface area contributed by atoms with Crippen LogP contribution in [0.2, 0.25) is 0 Å². The average molecular weight is 301 g/mol. The molecule has 1 amide bonds. The topological polar surface area (TPSA) is 45.2 Å².